The van der Waals surface area contributed by atoms with Gasteiger partial charge in [0.25, 0.3) is 0 Å². The molecule has 1 aliphatic rings. The van der Waals surface area contributed by atoms with Crippen LogP contribution in [0.3, 0.4) is 0 Å². The first kappa shape index (κ1) is 18.3. The van der Waals surface area contributed by atoms with Crippen molar-refractivity contribution < 1.29 is 18.7 Å². The first-order valence-corrected chi connectivity index (χ1v) is 9.15. The van der Waals surface area contributed by atoms with Crippen LogP contribution in [0.2, 0.25) is 0 Å². The van der Waals surface area contributed by atoms with Crippen LogP contribution >= 0.6 is 0 Å². The number of aryl methyl sites for hydroxylation is 1. The van der Waals surface area contributed by atoms with Crippen molar-refractivity contribution in [1.82, 2.24) is 20.3 Å². The van der Waals surface area contributed by atoms with Gasteiger partial charge in [-0.25, -0.2) is 0 Å². The molecule has 1 fully saturated rings. The SMILES string of the molecule is COc1cc2c(N3CCCC(c4noc(C)n4)C3)nncc2c(OC)c1OC. The molecule has 1 aromatic carbocycles. The Morgan fingerprint density at radius 3 is 2.61 bits per heavy atom. The first-order chi connectivity index (χ1) is 13.7. The van der Waals surface area contributed by atoms with Gasteiger partial charge >= 0.3 is 0 Å². The number of nitrogens with zero attached hydrogens (tertiary/aromatic N) is 5. The number of aromatic nitrogens is 4. The van der Waals surface area contributed by atoms with E-state index in [1.165, 1.54) is 0 Å². The lowest BCUT2D eigenvalue weighted by Gasteiger charge is -2.32. The average molecular weight is 385 g/mol. The Morgan fingerprint density at radius 2 is 1.93 bits per heavy atom. The highest BCUT2D eigenvalue weighted by Gasteiger charge is 2.28. The molecular weight excluding hydrogens is 362 g/mol. The van der Waals surface area contributed by atoms with Crippen molar-refractivity contribution in [3.05, 3.63) is 24.0 Å². The highest BCUT2D eigenvalue weighted by molar-refractivity contribution is 5.99. The van der Waals surface area contributed by atoms with Gasteiger partial charge in [0, 0.05) is 31.3 Å². The Hall–Kier alpha value is -3.10. The molecule has 1 saturated heterocycles. The lowest BCUT2D eigenvalue weighted by Crippen LogP contribution is -2.35. The van der Waals surface area contributed by atoms with Crippen LogP contribution in [0.4, 0.5) is 5.82 Å². The zero-order valence-electron chi connectivity index (χ0n) is 16.4. The maximum atomic E-state index is 5.60. The smallest absolute Gasteiger partial charge is 0.223 e. The third-order valence-electron chi connectivity index (χ3n) is 5.08. The zero-order valence-corrected chi connectivity index (χ0v) is 16.4. The molecule has 2 aromatic heterocycles. The van der Waals surface area contributed by atoms with Gasteiger partial charge in [-0.15, -0.1) is 5.10 Å². The summed E-state index contributed by atoms with van der Waals surface area (Å²) in [5, 5.41) is 14.5. The summed E-state index contributed by atoms with van der Waals surface area (Å²) >= 11 is 0. The van der Waals surface area contributed by atoms with E-state index in [2.05, 4.69) is 25.2 Å². The van der Waals surface area contributed by atoms with Crippen LogP contribution in [0, 0.1) is 6.92 Å². The second-order valence-corrected chi connectivity index (χ2v) is 6.73. The van der Waals surface area contributed by atoms with E-state index in [1.807, 2.05) is 6.07 Å². The van der Waals surface area contributed by atoms with Crippen LogP contribution in [0.15, 0.2) is 16.8 Å². The second kappa shape index (κ2) is 7.49. The van der Waals surface area contributed by atoms with Crippen LogP contribution in [0.1, 0.15) is 30.5 Å². The van der Waals surface area contributed by atoms with Crippen LogP contribution in [-0.2, 0) is 0 Å². The minimum atomic E-state index is 0.185. The summed E-state index contributed by atoms with van der Waals surface area (Å²) in [6.07, 6.45) is 3.69. The fourth-order valence-electron chi connectivity index (χ4n) is 3.78. The maximum Gasteiger partial charge on any atom is 0.223 e. The molecule has 0 N–H and O–H groups in total. The summed E-state index contributed by atoms with van der Waals surface area (Å²) in [6, 6.07) is 1.92. The predicted octanol–water partition coefficient (Wildman–Crippen LogP) is 2.73. The van der Waals surface area contributed by atoms with E-state index in [0.29, 0.717) is 23.1 Å². The number of hydrogen-bond donors (Lipinski definition) is 0. The molecule has 148 valence electrons. The van der Waals surface area contributed by atoms with Crippen molar-refractivity contribution in [3.8, 4) is 17.2 Å². The fraction of sp³-hybridized carbons (Fsp3) is 0.474. The summed E-state index contributed by atoms with van der Waals surface area (Å²) in [7, 11) is 4.79. The van der Waals surface area contributed by atoms with E-state index in [-0.39, 0.29) is 5.92 Å². The molecule has 4 rings (SSSR count). The molecular formula is C19H23N5O4. The van der Waals surface area contributed by atoms with E-state index in [4.69, 9.17) is 18.7 Å². The molecule has 1 unspecified atom stereocenters. The summed E-state index contributed by atoms with van der Waals surface area (Å²) in [4.78, 5) is 6.61. The maximum absolute atomic E-state index is 5.60. The van der Waals surface area contributed by atoms with Crippen molar-refractivity contribution in [3.63, 3.8) is 0 Å². The molecule has 0 saturated carbocycles. The Kier molecular flexibility index (Phi) is 4.89. The van der Waals surface area contributed by atoms with Crippen LogP contribution in [-0.4, -0.2) is 54.8 Å². The van der Waals surface area contributed by atoms with Gasteiger partial charge in [-0.2, -0.15) is 10.1 Å². The van der Waals surface area contributed by atoms with E-state index in [9.17, 15) is 0 Å². The van der Waals surface area contributed by atoms with Crippen molar-refractivity contribution in [1.29, 1.82) is 0 Å². The normalized spacial score (nSPS) is 17.0. The summed E-state index contributed by atoms with van der Waals surface area (Å²) in [5.41, 5.74) is 0. The van der Waals surface area contributed by atoms with E-state index >= 15 is 0 Å². The van der Waals surface area contributed by atoms with Gasteiger partial charge in [0.05, 0.1) is 32.9 Å². The van der Waals surface area contributed by atoms with E-state index < -0.39 is 0 Å². The van der Waals surface area contributed by atoms with Crippen molar-refractivity contribution in [2.45, 2.75) is 25.7 Å². The lowest BCUT2D eigenvalue weighted by atomic mass is 9.97. The molecule has 9 nitrogen and oxygen atoms in total. The zero-order chi connectivity index (χ0) is 19.7. The summed E-state index contributed by atoms with van der Waals surface area (Å²) in [6.45, 7) is 3.42. The number of hydrogen-bond acceptors (Lipinski definition) is 9. The number of fused-ring (bicyclic) bond motifs is 1. The minimum absolute atomic E-state index is 0.185. The minimum Gasteiger partial charge on any atom is -0.493 e. The molecule has 0 bridgehead atoms. The molecule has 0 aliphatic carbocycles. The van der Waals surface area contributed by atoms with Crippen molar-refractivity contribution in [2.24, 2.45) is 0 Å². The Morgan fingerprint density at radius 1 is 1.11 bits per heavy atom. The number of methoxy groups -OCH3 is 3. The number of anilines is 1. The molecule has 3 aromatic rings. The standard InChI is InChI=1S/C19H23N5O4/c1-11-21-18(23-28-11)12-6-5-7-24(10-12)19-13-8-15(25-2)17(27-4)16(26-3)14(13)9-20-22-19/h8-9,12H,5-7,10H2,1-4H3. The number of rotatable bonds is 5. The molecule has 0 spiro atoms. The Balaban J connectivity index is 1.78. The predicted molar refractivity (Wildman–Crippen MR) is 102 cm³/mol. The topological polar surface area (TPSA) is 95.6 Å². The van der Waals surface area contributed by atoms with Crippen LogP contribution in [0.25, 0.3) is 10.8 Å². The van der Waals surface area contributed by atoms with Gasteiger partial charge in [0.1, 0.15) is 0 Å². The number of benzene rings is 1. The molecule has 3 heterocycles. The first-order valence-electron chi connectivity index (χ1n) is 9.15. The van der Waals surface area contributed by atoms with E-state index in [1.54, 1.807) is 34.4 Å². The average Bonchev–Trinajstić information content (AvgIpc) is 3.18. The molecule has 0 radical (unpaired) electrons. The van der Waals surface area contributed by atoms with Gasteiger partial charge in [0.2, 0.25) is 11.6 Å². The monoisotopic (exact) mass is 385 g/mol. The van der Waals surface area contributed by atoms with Gasteiger partial charge in [-0.1, -0.05) is 5.16 Å². The Labute approximate surface area is 162 Å². The van der Waals surface area contributed by atoms with Crippen molar-refractivity contribution in [2.75, 3.05) is 39.3 Å². The van der Waals surface area contributed by atoms with E-state index in [0.717, 1.165) is 48.3 Å². The molecule has 0 amide bonds. The molecule has 1 atom stereocenters. The summed E-state index contributed by atoms with van der Waals surface area (Å²) < 4.78 is 21.8. The van der Waals surface area contributed by atoms with Gasteiger partial charge in [-0.3, -0.25) is 0 Å². The Bertz CT molecular complexity index is 990. The fourth-order valence-corrected chi connectivity index (χ4v) is 3.78. The van der Waals surface area contributed by atoms with Crippen LogP contribution < -0.4 is 19.1 Å². The van der Waals surface area contributed by atoms with Gasteiger partial charge in [0.15, 0.2) is 23.1 Å². The van der Waals surface area contributed by atoms with Crippen LogP contribution in [0.5, 0.6) is 17.2 Å². The number of piperidine rings is 1. The summed E-state index contributed by atoms with van der Waals surface area (Å²) in [5.74, 6) is 3.99. The highest BCUT2D eigenvalue weighted by Crippen LogP contribution is 2.45. The van der Waals surface area contributed by atoms with Gasteiger partial charge < -0.3 is 23.6 Å². The number of ether oxygens (including phenoxy) is 3. The highest BCUT2D eigenvalue weighted by atomic mass is 16.5. The second-order valence-electron chi connectivity index (χ2n) is 6.73. The van der Waals surface area contributed by atoms with Gasteiger partial charge in [-0.05, 0) is 18.9 Å². The molecule has 28 heavy (non-hydrogen) atoms. The van der Waals surface area contributed by atoms with Crippen molar-refractivity contribution >= 4 is 16.6 Å². The lowest BCUT2D eigenvalue weighted by molar-refractivity contribution is 0.327. The third kappa shape index (κ3) is 3.06. The molecule has 1 aliphatic heterocycles. The third-order valence-corrected chi connectivity index (χ3v) is 5.08. The molecule has 9 heteroatoms. The largest absolute Gasteiger partial charge is 0.493 e. The quantitative estimate of drug-likeness (QED) is 0.657.